The van der Waals surface area contributed by atoms with Crippen molar-refractivity contribution in [1.82, 2.24) is 10.2 Å². The number of nitrogens with zero attached hydrogens (tertiary/aromatic N) is 1. The summed E-state index contributed by atoms with van der Waals surface area (Å²) in [6, 6.07) is 15.4. The van der Waals surface area contributed by atoms with Gasteiger partial charge in [0.25, 0.3) is 0 Å². The standard InChI is InChI=1S/C21H22N4O/c1-13-8-11-17(14(2)12-13)19-20(18(24-25-19)15-9-10-15)23-21(26)22-16-6-4-3-5-7-16/h3-8,11-12,15H,9-10H2,1-2H3,(H,24,25)(H2,22,23,26). The van der Waals surface area contributed by atoms with Crippen LogP contribution in [0.25, 0.3) is 11.3 Å². The molecule has 0 spiro atoms. The van der Waals surface area contributed by atoms with Gasteiger partial charge in [0.15, 0.2) is 0 Å². The molecule has 132 valence electrons. The maximum atomic E-state index is 12.5. The highest BCUT2D eigenvalue weighted by Crippen LogP contribution is 2.45. The molecule has 1 heterocycles. The van der Waals surface area contributed by atoms with Gasteiger partial charge in [-0.15, -0.1) is 0 Å². The number of aromatic amines is 1. The molecule has 1 aromatic heterocycles. The van der Waals surface area contributed by atoms with Gasteiger partial charge in [0, 0.05) is 17.2 Å². The van der Waals surface area contributed by atoms with E-state index in [0.29, 0.717) is 5.92 Å². The van der Waals surface area contributed by atoms with Crippen molar-refractivity contribution in [2.24, 2.45) is 0 Å². The lowest BCUT2D eigenvalue weighted by atomic mass is 10.0. The van der Waals surface area contributed by atoms with E-state index in [2.05, 4.69) is 52.9 Å². The van der Waals surface area contributed by atoms with Gasteiger partial charge in [0.05, 0.1) is 11.4 Å². The highest BCUT2D eigenvalue weighted by Gasteiger charge is 2.31. The highest BCUT2D eigenvalue weighted by atomic mass is 16.2. The van der Waals surface area contributed by atoms with E-state index in [4.69, 9.17) is 0 Å². The van der Waals surface area contributed by atoms with Crippen LogP contribution in [0.5, 0.6) is 0 Å². The number of nitrogens with one attached hydrogen (secondary N) is 3. The molecule has 0 unspecified atom stereocenters. The Balaban J connectivity index is 1.65. The Hall–Kier alpha value is -3.08. The number of urea groups is 1. The van der Waals surface area contributed by atoms with E-state index < -0.39 is 0 Å². The van der Waals surface area contributed by atoms with Crippen molar-refractivity contribution in [2.75, 3.05) is 10.6 Å². The highest BCUT2D eigenvalue weighted by molar-refractivity contribution is 6.02. The van der Waals surface area contributed by atoms with E-state index in [1.54, 1.807) is 0 Å². The van der Waals surface area contributed by atoms with Crippen LogP contribution in [0.2, 0.25) is 0 Å². The maximum Gasteiger partial charge on any atom is 0.323 e. The minimum atomic E-state index is -0.259. The molecule has 2 aromatic carbocycles. The molecule has 1 fully saturated rings. The van der Waals surface area contributed by atoms with Crippen LogP contribution in [0.15, 0.2) is 48.5 Å². The first-order valence-electron chi connectivity index (χ1n) is 8.91. The van der Waals surface area contributed by atoms with Crippen LogP contribution < -0.4 is 10.6 Å². The zero-order valence-corrected chi connectivity index (χ0v) is 15.0. The summed E-state index contributed by atoms with van der Waals surface area (Å²) in [7, 11) is 0. The Labute approximate surface area is 152 Å². The second-order valence-electron chi connectivity index (χ2n) is 6.90. The van der Waals surface area contributed by atoms with Gasteiger partial charge in [-0.1, -0.05) is 42.0 Å². The largest absolute Gasteiger partial charge is 0.323 e. The first kappa shape index (κ1) is 16.4. The second kappa shape index (κ2) is 6.67. The summed E-state index contributed by atoms with van der Waals surface area (Å²) in [6.07, 6.45) is 2.26. The molecule has 0 radical (unpaired) electrons. The summed E-state index contributed by atoms with van der Waals surface area (Å²) >= 11 is 0. The lowest BCUT2D eigenvalue weighted by Gasteiger charge is -2.11. The molecule has 1 aliphatic rings. The van der Waals surface area contributed by atoms with Crippen LogP contribution in [-0.4, -0.2) is 16.2 Å². The topological polar surface area (TPSA) is 69.8 Å². The molecular formula is C21H22N4O. The molecule has 26 heavy (non-hydrogen) atoms. The lowest BCUT2D eigenvalue weighted by Crippen LogP contribution is -2.20. The number of carbonyl (C=O) groups is 1. The third-order valence-electron chi connectivity index (χ3n) is 4.69. The van der Waals surface area contributed by atoms with Crippen LogP contribution in [-0.2, 0) is 0 Å². The summed E-state index contributed by atoms with van der Waals surface area (Å²) in [5, 5.41) is 13.6. The van der Waals surface area contributed by atoms with E-state index in [0.717, 1.165) is 46.7 Å². The fourth-order valence-electron chi connectivity index (χ4n) is 3.22. The Morgan fingerprint density at radius 3 is 2.54 bits per heavy atom. The molecule has 5 nitrogen and oxygen atoms in total. The monoisotopic (exact) mass is 346 g/mol. The van der Waals surface area contributed by atoms with Crippen LogP contribution >= 0.6 is 0 Å². The number of carbonyl (C=O) groups excluding carboxylic acids is 1. The van der Waals surface area contributed by atoms with Crippen molar-refractivity contribution in [3.63, 3.8) is 0 Å². The number of aromatic nitrogens is 2. The van der Waals surface area contributed by atoms with Crippen LogP contribution in [0.1, 0.15) is 35.6 Å². The molecule has 1 aliphatic carbocycles. The number of anilines is 2. The zero-order chi connectivity index (χ0) is 18.1. The molecule has 0 saturated heterocycles. The Morgan fingerprint density at radius 1 is 1.08 bits per heavy atom. The van der Waals surface area contributed by atoms with Crippen LogP contribution in [0.4, 0.5) is 16.2 Å². The Morgan fingerprint density at radius 2 is 1.85 bits per heavy atom. The number of aryl methyl sites for hydroxylation is 2. The normalized spacial score (nSPS) is 13.5. The van der Waals surface area contributed by atoms with Crippen molar-refractivity contribution in [3.05, 3.63) is 65.4 Å². The maximum absolute atomic E-state index is 12.5. The molecule has 0 aliphatic heterocycles. The molecule has 2 amide bonds. The first-order chi connectivity index (χ1) is 12.6. The Kier molecular flexibility index (Phi) is 4.21. The molecule has 0 atom stereocenters. The second-order valence-corrected chi connectivity index (χ2v) is 6.90. The molecule has 0 bridgehead atoms. The van der Waals surface area contributed by atoms with Gasteiger partial charge in [0.2, 0.25) is 0 Å². The van der Waals surface area contributed by atoms with Crippen LogP contribution in [0.3, 0.4) is 0 Å². The minimum absolute atomic E-state index is 0.259. The van der Waals surface area contributed by atoms with Gasteiger partial charge in [-0.3, -0.25) is 5.10 Å². The smallest absolute Gasteiger partial charge is 0.308 e. The number of hydrogen-bond donors (Lipinski definition) is 3. The molecule has 3 N–H and O–H groups in total. The van der Waals surface area contributed by atoms with Gasteiger partial charge in [-0.25, -0.2) is 4.79 Å². The fraction of sp³-hybridized carbons (Fsp3) is 0.238. The molecular weight excluding hydrogens is 324 g/mol. The third kappa shape index (κ3) is 3.33. The van der Waals surface area contributed by atoms with E-state index >= 15 is 0 Å². The van der Waals surface area contributed by atoms with Gasteiger partial charge in [0.1, 0.15) is 5.69 Å². The number of amides is 2. The number of benzene rings is 2. The SMILES string of the molecule is Cc1ccc(-c2n[nH]c(C3CC3)c2NC(=O)Nc2ccccc2)c(C)c1. The summed E-state index contributed by atoms with van der Waals surface area (Å²) < 4.78 is 0. The molecule has 5 heteroatoms. The van der Waals surface area contributed by atoms with E-state index in [1.807, 2.05) is 30.3 Å². The van der Waals surface area contributed by atoms with E-state index in [1.165, 1.54) is 5.56 Å². The predicted molar refractivity (Wildman–Crippen MR) is 105 cm³/mol. The lowest BCUT2D eigenvalue weighted by molar-refractivity contribution is 0.262. The average Bonchev–Trinajstić information content (AvgIpc) is 3.38. The van der Waals surface area contributed by atoms with Crippen molar-refractivity contribution >= 4 is 17.4 Å². The Bertz CT molecular complexity index is 942. The number of para-hydroxylation sites is 1. The van der Waals surface area contributed by atoms with Gasteiger partial charge >= 0.3 is 6.03 Å². The van der Waals surface area contributed by atoms with E-state index in [9.17, 15) is 4.79 Å². The predicted octanol–water partition coefficient (Wildman–Crippen LogP) is 5.21. The summed E-state index contributed by atoms with van der Waals surface area (Å²) in [5.41, 5.74) is 6.75. The number of H-pyrrole nitrogens is 1. The molecule has 3 aromatic rings. The zero-order valence-electron chi connectivity index (χ0n) is 15.0. The van der Waals surface area contributed by atoms with Gasteiger partial charge in [-0.05, 0) is 44.4 Å². The van der Waals surface area contributed by atoms with Gasteiger partial charge < -0.3 is 10.6 Å². The number of hydrogen-bond acceptors (Lipinski definition) is 2. The van der Waals surface area contributed by atoms with E-state index in [-0.39, 0.29) is 6.03 Å². The summed E-state index contributed by atoms with van der Waals surface area (Å²) in [4.78, 5) is 12.5. The quantitative estimate of drug-likeness (QED) is 0.606. The minimum Gasteiger partial charge on any atom is -0.308 e. The summed E-state index contributed by atoms with van der Waals surface area (Å²) in [6.45, 7) is 4.14. The van der Waals surface area contributed by atoms with Crippen molar-refractivity contribution < 1.29 is 4.79 Å². The molecule has 1 saturated carbocycles. The average molecular weight is 346 g/mol. The van der Waals surface area contributed by atoms with Crippen molar-refractivity contribution in [1.29, 1.82) is 0 Å². The molecule has 4 rings (SSSR count). The summed E-state index contributed by atoms with van der Waals surface area (Å²) in [5.74, 6) is 0.453. The van der Waals surface area contributed by atoms with Gasteiger partial charge in [-0.2, -0.15) is 5.10 Å². The first-order valence-corrected chi connectivity index (χ1v) is 8.91. The third-order valence-corrected chi connectivity index (χ3v) is 4.69. The van der Waals surface area contributed by atoms with Crippen LogP contribution in [0, 0.1) is 13.8 Å². The number of rotatable bonds is 4. The fourth-order valence-corrected chi connectivity index (χ4v) is 3.22. The van der Waals surface area contributed by atoms with Crippen molar-refractivity contribution in [3.8, 4) is 11.3 Å². The van der Waals surface area contributed by atoms with Crippen molar-refractivity contribution in [2.45, 2.75) is 32.6 Å².